The number of carbonyl (C=O) groups excluding carboxylic acids is 4. The first-order valence-electron chi connectivity index (χ1n) is 13.7. The topological polar surface area (TPSA) is 127 Å². The summed E-state index contributed by atoms with van der Waals surface area (Å²) >= 11 is 0. The zero-order valence-corrected chi connectivity index (χ0v) is 22.5. The van der Waals surface area contributed by atoms with Crippen molar-refractivity contribution in [2.75, 3.05) is 11.9 Å². The van der Waals surface area contributed by atoms with Crippen LogP contribution in [-0.2, 0) is 22.6 Å². The van der Waals surface area contributed by atoms with Gasteiger partial charge in [-0.05, 0) is 42.2 Å². The highest BCUT2D eigenvalue weighted by atomic mass is 19.1. The monoisotopic (exact) mass is 571 g/mol. The molecule has 1 aromatic heterocycles. The fraction of sp³-hybridized carbons (Fsp3) is 0.258. The molecule has 1 unspecified atom stereocenters. The number of fused-ring (bicyclic) bond motifs is 2. The second-order valence-corrected chi connectivity index (χ2v) is 10.6. The van der Waals surface area contributed by atoms with E-state index in [1.165, 1.54) is 10.7 Å². The molecule has 3 aromatic carbocycles. The van der Waals surface area contributed by atoms with Crippen molar-refractivity contribution in [3.63, 3.8) is 0 Å². The van der Waals surface area contributed by atoms with Crippen molar-refractivity contribution < 1.29 is 28.0 Å². The Morgan fingerprint density at radius 1 is 1.02 bits per heavy atom. The van der Waals surface area contributed by atoms with Crippen LogP contribution in [0.5, 0.6) is 0 Å². The maximum atomic E-state index is 15.7. The van der Waals surface area contributed by atoms with E-state index in [2.05, 4.69) is 10.4 Å². The summed E-state index contributed by atoms with van der Waals surface area (Å²) in [4.78, 5) is 52.0. The van der Waals surface area contributed by atoms with Gasteiger partial charge in [-0.3, -0.25) is 23.9 Å². The van der Waals surface area contributed by atoms with Gasteiger partial charge in [0.25, 0.3) is 5.91 Å². The number of primary amides is 1. The number of anilines is 1. The number of rotatable bonds is 6. The SMILES string of the molecule is NC(=O)c1nn(CC(=O)N2C[C@H](F)CC2C(=O)Nc2cccc(-c3ccc4c(c3)C(=O)CCC4)c2F)c2ccccc12. The van der Waals surface area contributed by atoms with Crippen molar-refractivity contribution in [2.24, 2.45) is 5.73 Å². The quantitative estimate of drug-likeness (QED) is 0.361. The normalized spacial score (nSPS) is 18.2. The first-order chi connectivity index (χ1) is 20.2. The molecule has 9 nitrogen and oxygen atoms in total. The van der Waals surface area contributed by atoms with Gasteiger partial charge >= 0.3 is 0 Å². The van der Waals surface area contributed by atoms with Gasteiger partial charge in [0.1, 0.15) is 18.8 Å². The third-order valence-electron chi connectivity index (χ3n) is 7.88. The summed E-state index contributed by atoms with van der Waals surface area (Å²) in [7, 11) is 0. The predicted octanol–water partition coefficient (Wildman–Crippen LogP) is 4.04. The van der Waals surface area contributed by atoms with Gasteiger partial charge in [0.05, 0.1) is 17.7 Å². The Kier molecular flexibility index (Phi) is 7.01. The van der Waals surface area contributed by atoms with Crippen LogP contribution in [0.25, 0.3) is 22.0 Å². The van der Waals surface area contributed by atoms with Crippen molar-refractivity contribution in [1.29, 1.82) is 0 Å². The minimum Gasteiger partial charge on any atom is -0.364 e. The van der Waals surface area contributed by atoms with E-state index in [9.17, 15) is 23.6 Å². The third kappa shape index (κ3) is 4.91. The highest BCUT2D eigenvalue weighted by Crippen LogP contribution is 2.32. The number of ketones is 1. The van der Waals surface area contributed by atoms with Crippen LogP contribution in [-0.4, -0.2) is 56.9 Å². The fourth-order valence-electron chi connectivity index (χ4n) is 5.82. The number of amides is 3. The van der Waals surface area contributed by atoms with Gasteiger partial charge in [0.15, 0.2) is 17.3 Å². The van der Waals surface area contributed by atoms with Gasteiger partial charge in [0, 0.05) is 29.4 Å². The van der Waals surface area contributed by atoms with Crippen LogP contribution in [0.1, 0.15) is 45.7 Å². The average Bonchev–Trinajstić information content (AvgIpc) is 3.55. The highest BCUT2D eigenvalue weighted by molar-refractivity contribution is 6.04. The third-order valence-corrected chi connectivity index (χ3v) is 7.88. The van der Waals surface area contributed by atoms with Gasteiger partial charge in [-0.25, -0.2) is 8.78 Å². The van der Waals surface area contributed by atoms with E-state index in [0.29, 0.717) is 28.5 Å². The lowest BCUT2D eigenvalue weighted by Crippen LogP contribution is -2.44. The standard InChI is InChI=1S/C31H27F2N5O4/c32-19-14-25(37(15-19)27(40)16-38-24-9-2-1-6-21(24)29(36-38)30(34)41)31(42)35-23-8-4-7-20(28(23)33)18-12-11-17-5-3-10-26(39)22(17)13-18/h1-2,4,6-9,11-13,19,25H,3,5,10,14-16H2,(H2,34,41)(H,35,42)/t19-,25?/m1/s1. The molecule has 214 valence electrons. The summed E-state index contributed by atoms with van der Waals surface area (Å²) in [5.74, 6) is -2.77. The zero-order valence-electron chi connectivity index (χ0n) is 22.5. The van der Waals surface area contributed by atoms with Crippen molar-refractivity contribution in [1.82, 2.24) is 14.7 Å². The lowest BCUT2D eigenvalue weighted by molar-refractivity contribution is -0.137. The van der Waals surface area contributed by atoms with E-state index in [1.54, 1.807) is 48.5 Å². The number of nitrogens with two attached hydrogens (primary N) is 1. The number of alkyl halides is 1. The highest BCUT2D eigenvalue weighted by Gasteiger charge is 2.40. The molecule has 2 heterocycles. The van der Waals surface area contributed by atoms with Crippen LogP contribution in [0, 0.1) is 5.82 Å². The number of aryl methyl sites for hydroxylation is 1. The van der Waals surface area contributed by atoms with E-state index in [-0.39, 0.29) is 42.2 Å². The molecule has 0 radical (unpaired) electrons. The molecule has 11 heteroatoms. The minimum atomic E-state index is -1.45. The van der Waals surface area contributed by atoms with Gasteiger partial charge in [-0.15, -0.1) is 0 Å². The van der Waals surface area contributed by atoms with Crippen LogP contribution in [0.3, 0.4) is 0 Å². The Labute approximate surface area is 239 Å². The molecule has 2 aliphatic rings. The second-order valence-electron chi connectivity index (χ2n) is 10.6. The van der Waals surface area contributed by atoms with Crippen molar-refractivity contribution in [3.8, 4) is 11.1 Å². The number of likely N-dealkylation sites (tertiary alicyclic amines) is 1. The van der Waals surface area contributed by atoms with E-state index in [4.69, 9.17) is 5.73 Å². The zero-order chi connectivity index (χ0) is 29.5. The molecule has 3 amide bonds. The Balaban J connectivity index is 1.23. The molecule has 0 spiro atoms. The molecule has 0 bridgehead atoms. The summed E-state index contributed by atoms with van der Waals surface area (Å²) < 4.78 is 31.5. The van der Waals surface area contributed by atoms with Crippen LogP contribution in [0.4, 0.5) is 14.5 Å². The van der Waals surface area contributed by atoms with E-state index in [1.807, 2.05) is 6.07 Å². The Morgan fingerprint density at radius 3 is 2.64 bits per heavy atom. The summed E-state index contributed by atoms with van der Waals surface area (Å²) in [6.45, 7) is -0.671. The fourth-order valence-corrected chi connectivity index (χ4v) is 5.82. The number of hydrogen-bond donors (Lipinski definition) is 2. The van der Waals surface area contributed by atoms with E-state index >= 15 is 4.39 Å². The Morgan fingerprint density at radius 2 is 1.83 bits per heavy atom. The minimum absolute atomic E-state index is 0.00358. The Hall–Kier alpha value is -4.93. The number of hydrogen-bond acceptors (Lipinski definition) is 5. The second kappa shape index (κ2) is 10.8. The molecule has 1 aliphatic carbocycles. The number of aromatic nitrogens is 2. The Bertz CT molecular complexity index is 1770. The molecule has 1 saturated heterocycles. The lowest BCUT2D eigenvalue weighted by atomic mass is 9.88. The summed E-state index contributed by atoms with van der Waals surface area (Å²) in [5.41, 5.74) is 8.01. The predicted molar refractivity (Wildman–Crippen MR) is 151 cm³/mol. The number of nitrogens with one attached hydrogen (secondary N) is 1. The van der Waals surface area contributed by atoms with Gasteiger partial charge < -0.3 is 16.0 Å². The smallest absolute Gasteiger partial charge is 0.269 e. The molecule has 1 aliphatic heterocycles. The van der Waals surface area contributed by atoms with Crippen molar-refractivity contribution >= 4 is 40.1 Å². The molecule has 3 N–H and O–H groups in total. The number of nitrogens with zero attached hydrogens (tertiary/aromatic N) is 3. The first kappa shape index (κ1) is 27.3. The number of halogens is 2. The van der Waals surface area contributed by atoms with Gasteiger partial charge in [-0.1, -0.05) is 42.5 Å². The largest absolute Gasteiger partial charge is 0.364 e. The maximum Gasteiger partial charge on any atom is 0.269 e. The number of benzene rings is 3. The molecular weight excluding hydrogens is 544 g/mol. The van der Waals surface area contributed by atoms with E-state index in [0.717, 1.165) is 23.3 Å². The summed E-state index contributed by atoms with van der Waals surface area (Å²) in [5, 5.41) is 7.16. The van der Waals surface area contributed by atoms with E-state index < -0.39 is 35.8 Å². The molecule has 1 fully saturated rings. The van der Waals surface area contributed by atoms with Crippen LogP contribution in [0.15, 0.2) is 60.7 Å². The molecule has 42 heavy (non-hydrogen) atoms. The molecule has 6 rings (SSSR count). The van der Waals surface area contributed by atoms with Crippen LogP contribution < -0.4 is 11.1 Å². The van der Waals surface area contributed by atoms with Crippen LogP contribution >= 0.6 is 0 Å². The van der Waals surface area contributed by atoms with Gasteiger partial charge in [0.2, 0.25) is 11.8 Å². The summed E-state index contributed by atoms with van der Waals surface area (Å²) in [6, 6.07) is 15.3. The van der Waals surface area contributed by atoms with Crippen molar-refractivity contribution in [2.45, 2.75) is 44.4 Å². The maximum absolute atomic E-state index is 15.7. The molecule has 0 saturated carbocycles. The number of Topliss-reactive ketones (excluding diaryl/α,β-unsaturated/α-hetero) is 1. The lowest BCUT2D eigenvalue weighted by Gasteiger charge is -2.24. The first-order valence-corrected chi connectivity index (χ1v) is 13.7. The molecule has 4 aromatic rings. The molecular formula is C31H27F2N5O4. The van der Waals surface area contributed by atoms with Gasteiger partial charge in [-0.2, -0.15) is 5.10 Å². The van der Waals surface area contributed by atoms with Crippen LogP contribution in [0.2, 0.25) is 0 Å². The number of para-hydroxylation sites is 1. The average molecular weight is 572 g/mol. The summed E-state index contributed by atoms with van der Waals surface area (Å²) in [6.07, 6.45) is 0.315. The molecule has 2 atom stereocenters. The number of carbonyl (C=O) groups is 4. The van der Waals surface area contributed by atoms with Crippen molar-refractivity contribution in [3.05, 3.63) is 83.3 Å².